The molecule has 2 aliphatic heterocycles. The first-order valence-electron chi connectivity index (χ1n) is 8.70. The van der Waals surface area contributed by atoms with Crippen LogP contribution in [-0.2, 0) is 9.59 Å². The van der Waals surface area contributed by atoms with Gasteiger partial charge in [0.1, 0.15) is 5.75 Å². The van der Waals surface area contributed by atoms with E-state index >= 15 is 0 Å². The Labute approximate surface area is 152 Å². The Balaban J connectivity index is 1.48. The molecule has 0 aliphatic carbocycles. The van der Waals surface area contributed by atoms with E-state index in [4.69, 9.17) is 4.74 Å². The Bertz CT molecular complexity index is 619. The van der Waals surface area contributed by atoms with Crippen LogP contribution in [0.5, 0.6) is 5.75 Å². The lowest BCUT2D eigenvalue weighted by atomic mass is 10.2. The first kappa shape index (κ1) is 18.1. The number of carbonyl (C=O) groups is 2. The highest BCUT2D eigenvalue weighted by Gasteiger charge is 2.29. The van der Waals surface area contributed by atoms with Crippen LogP contribution in [-0.4, -0.2) is 72.1 Å². The zero-order chi connectivity index (χ0) is 17.6. The van der Waals surface area contributed by atoms with Crippen LogP contribution in [0.4, 0.5) is 0 Å². The summed E-state index contributed by atoms with van der Waals surface area (Å²) in [5, 5.41) is 3.22. The Morgan fingerprint density at radius 1 is 1.24 bits per heavy atom. The normalized spacial score (nSPS) is 21.1. The predicted octanol–water partition coefficient (Wildman–Crippen LogP) is 1.10. The summed E-state index contributed by atoms with van der Waals surface area (Å²) in [4.78, 5) is 28.6. The molecule has 25 heavy (non-hydrogen) atoms. The molecule has 2 heterocycles. The SMILES string of the molecule is Cc1cccc(OCC(=O)N2CCCN(C(=O)C3CSCN3)CC2)c1. The Kier molecular flexibility index (Phi) is 6.20. The van der Waals surface area contributed by atoms with Gasteiger partial charge in [-0.15, -0.1) is 11.8 Å². The monoisotopic (exact) mass is 363 g/mol. The van der Waals surface area contributed by atoms with Crippen LogP contribution in [0.2, 0.25) is 0 Å². The number of benzene rings is 1. The van der Waals surface area contributed by atoms with Crippen LogP contribution in [0.15, 0.2) is 24.3 Å². The highest BCUT2D eigenvalue weighted by molar-refractivity contribution is 7.99. The highest BCUT2D eigenvalue weighted by atomic mass is 32.2. The molecular weight excluding hydrogens is 338 g/mol. The minimum absolute atomic E-state index is 0.0228. The van der Waals surface area contributed by atoms with Crippen LogP contribution in [0.3, 0.4) is 0 Å². The fourth-order valence-electron chi connectivity index (χ4n) is 3.10. The molecule has 1 aromatic carbocycles. The predicted molar refractivity (Wildman–Crippen MR) is 98.7 cm³/mol. The molecule has 2 amide bonds. The van der Waals surface area contributed by atoms with Crippen molar-refractivity contribution in [2.75, 3.05) is 44.4 Å². The van der Waals surface area contributed by atoms with Crippen LogP contribution in [0.1, 0.15) is 12.0 Å². The lowest BCUT2D eigenvalue weighted by molar-refractivity contribution is -0.135. The number of rotatable bonds is 4. The molecule has 0 radical (unpaired) electrons. The van der Waals surface area contributed by atoms with E-state index in [-0.39, 0.29) is 24.5 Å². The number of aryl methyl sites for hydroxylation is 1. The molecule has 136 valence electrons. The van der Waals surface area contributed by atoms with E-state index in [1.807, 2.05) is 36.1 Å². The molecule has 1 unspecified atom stereocenters. The van der Waals surface area contributed by atoms with Crippen LogP contribution < -0.4 is 10.1 Å². The molecule has 0 aromatic heterocycles. The quantitative estimate of drug-likeness (QED) is 0.868. The molecule has 0 bridgehead atoms. The second-order valence-electron chi connectivity index (χ2n) is 6.44. The van der Waals surface area contributed by atoms with E-state index in [2.05, 4.69) is 5.32 Å². The number of nitrogens with zero attached hydrogens (tertiary/aromatic N) is 2. The summed E-state index contributed by atoms with van der Waals surface area (Å²) < 4.78 is 5.61. The number of thioether (sulfide) groups is 1. The van der Waals surface area contributed by atoms with E-state index in [1.54, 1.807) is 16.7 Å². The van der Waals surface area contributed by atoms with Crippen molar-refractivity contribution in [2.45, 2.75) is 19.4 Å². The van der Waals surface area contributed by atoms with Gasteiger partial charge in [0.15, 0.2) is 6.61 Å². The van der Waals surface area contributed by atoms with Gasteiger partial charge in [-0.2, -0.15) is 0 Å². The maximum Gasteiger partial charge on any atom is 0.260 e. The molecule has 1 aromatic rings. The molecule has 1 N–H and O–H groups in total. The Morgan fingerprint density at radius 3 is 2.80 bits per heavy atom. The van der Waals surface area contributed by atoms with Crippen LogP contribution >= 0.6 is 11.8 Å². The summed E-state index contributed by atoms with van der Waals surface area (Å²) in [5.41, 5.74) is 1.10. The van der Waals surface area contributed by atoms with Crippen molar-refractivity contribution < 1.29 is 14.3 Å². The first-order valence-corrected chi connectivity index (χ1v) is 9.86. The minimum atomic E-state index is -0.0723. The lowest BCUT2D eigenvalue weighted by Crippen LogP contribution is -2.46. The van der Waals surface area contributed by atoms with Crippen molar-refractivity contribution in [1.29, 1.82) is 0 Å². The summed E-state index contributed by atoms with van der Waals surface area (Å²) in [6.45, 7) is 4.58. The molecule has 3 rings (SSSR count). The van der Waals surface area contributed by atoms with Gasteiger partial charge in [0.2, 0.25) is 5.91 Å². The Hall–Kier alpha value is -1.73. The summed E-state index contributed by atoms with van der Waals surface area (Å²) in [7, 11) is 0. The first-order chi connectivity index (χ1) is 12.1. The Morgan fingerprint density at radius 2 is 2.04 bits per heavy atom. The summed E-state index contributed by atoms with van der Waals surface area (Å²) in [5.74, 6) is 2.53. The van der Waals surface area contributed by atoms with Crippen LogP contribution in [0.25, 0.3) is 0 Å². The van der Waals surface area contributed by atoms with E-state index in [1.165, 1.54) is 0 Å². The molecule has 0 saturated carbocycles. The van der Waals surface area contributed by atoms with Crippen molar-refractivity contribution >= 4 is 23.6 Å². The van der Waals surface area contributed by atoms with E-state index in [0.717, 1.165) is 23.6 Å². The van der Waals surface area contributed by atoms with Crippen molar-refractivity contribution in [2.24, 2.45) is 0 Å². The van der Waals surface area contributed by atoms with E-state index in [9.17, 15) is 9.59 Å². The third-order valence-corrected chi connectivity index (χ3v) is 5.47. The number of amides is 2. The minimum Gasteiger partial charge on any atom is -0.484 e. The molecule has 6 nitrogen and oxygen atoms in total. The molecule has 2 saturated heterocycles. The van der Waals surface area contributed by atoms with E-state index < -0.39 is 0 Å². The van der Waals surface area contributed by atoms with Gasteiger partial charge in [-0.1, -0.05) is 12.1 Å². The maximum atomic E-state index is 12.5. The summed E-state index contributed by atoms with van der Waals surface area (Å²) in [6.07, 6.45) is 0.807. The summed E-state index contributed by atoms with van der Waals surface area (Å²) in [6, 6.07) is 7.61. The highest BCUT2D eigenvalue weighted by Crippen LogP contribution is 2.15. The van der Waals surface area contributed by atoms with Crippen molar-refractivity contribution in [3.8, 4) is 5.75 Å². The standard InChI is InChI=1S/C18H25N3O3S/c1-14-4-2-5-15(10-14)24-11-17(22)20-6-3-7-21(9-8-20)18(23)16-12-25-13-19-16/h2,4-5,10,16,19H,3,6-9,11-13H2,1H3. The van der Waals surface area contributed by atoms with E-state index in [0.29, 0.717) is 31.9 Å². The number of hydrogen-bond acceptors (Lipinski definition) is 5. The number of ether oxygens (including phenoxy) is 1. The molecule has 7 heteroatoms. The van der Waals surface area contributed by atoms with Gasteiger partial charge in [0.05, 0.1) is 6.04 Å². The van der Waals surface area contributed by atoms with Gasteiger partial charge in [-0.05, 0) is 31.0 Å². The van der Waals surface area contributed by atoms with Gasteiger partial charge in [0, 0.05) is 37.8 Å². The molecular formula is C18H25N3O3S. The number of carbonyl (C=O) groups excluding carboxylic acids is 2. The second-order valence-corrected chi connectivity index (χ2v) is 7.47. The average molecular weight is 363 g/mol. The third kappa shape index (κ3) is 4.89. The average Bonchev–Trinajstić information content (AvgIpc) is 3.03. The molecule has 0 spiro atoms. The fraction of sp³-hybridized carbons (Fsp3) is 0.556. The smallest absolute Gasteiger partial charge is 0.260 e. The largest absolute Gasteiger partial charge is 0.484 e. The number of hydrogen-bond donors (Lipinski definition) is 1. The van der Waals surface area contributed by atoms with Gasteiger partial charge in [-0.3, -0.25) is 14.9 Å². The van der Waals surface area contributed by atoms with Crippen molar-refractivity contribution in [3.63, 3.8) is 0 Å². The molecule has 2 fully saturated rings. The second kappa shape index (κ2) is 8.58. The third-order valence-electron chi connectivity index (χ3n) is 4.53. The zero-order valence-electron chi connectivity index (χ0n) is 14.6. The lowest BCUT2D eigenvalue weighted by Gasteiger charge is -2.24. The maximum absolute atomic E-state index is 12.5. The zero-order valence-corrected chi connectivity index (χ0v) is 15.4. The summed E-state index contributed by atoms with van der Waals surface area (Å²) >= 11 is 1.75. The fourth-order valence-corrected chi connectivity index (χ4v) is 4.04. The van der Waals surface area contributed by atoms with Gasteiger partial charge in [-0.25, -0.2) is 0 Å². The van der Waals surface area contributed by atoms with Crippen molar-refractivity contribution in [3.05, 3.63) is 29.8 Å². The number of nitrogens with one attached hydrogen (secondary N) is 1. The molecule has 1 atom stereocenters. The van der Waals surface area contributed by atoms with Gasteiger partial charge in [0.25, 0.3) is 5.91 Å². The topological polar surface area (TPSA) is 61.9 Å². The molecule has 2 aliphatic rings. The van der Waals surface area contributed by atoms with Gasteiger partial charge < -0.3 is 14.5 Å². The van der Waals surface area contributed by atoms with Crippen LogP contribution in [0, 0.1) is 6.92 Å². The van der Waals surface area contributed by atoms with Gasteiger partial charge >= 0.3 is 0 Å². The van der Waals surface area contributed by atoms with Crippen molar-refractivity contribution in [1.82, 2.24) is 15.1 Å².